The summed E-state index contributed by atoms with van der Waals surface area (Å²) in [6, 6.07) is 14.7. The molecule has 23 heavy (non-hydrogen) atoms. The Morgan fingerprint density at radius 1 is 1.17 bits per heavy atom. The Morgan fingerprint density at radius 2 is 2.00 bits per heavy atom. The molecule has 3 rings (SSSR count). The zero-order valence-corrected chi connectivity index (χ0v) is 12.7. The van der Waals surface area contributed by atoms with Crippen LogP contribution in [-0.4, -0.2) is 23.2 Å². The van der Waals surface area contributed by atoms with Crippen LogP contribution in [0.4, 0.5) is 5.69 Å². The van der Waals surface area contributed by atoms with Crippen molar-refractivity contribution in [2.75, 3.05) is 12.4 Å². The molecule has 1 amide bonds. The normalized spacial score (nSPS) is 10.3. The Kier molecular flexibility index (Phi) is 4.05. The second-order valence-electron chi connectivity index (χ2n) is 4.89. The Balaban J connectivity index is 1.94. The summed E-state index contributed by atoms with van der Waals surface area (Å²) in [5.41, 5.74) is 2.16. The second-order valence-corrected chi connectivity index (χ2v) is 4.89. The highest BCUT2D eigenvalue weighted by molar-refractivity contribution is 5.89. The number of para-hydroxylation sites is 1. The van der Waals surface area contributed by atoms with Crippen molar-refractivity contribution in [3.8, 4) is 28.6 Å². The van der Waals surface area contributed by atoms with Crippen molar-refractivity contribution in [2.24, 2.45) is 0 Å². The molecule has 0 bridgehead atoms. The number of hydrogen-bond donors (Lipinski definition) is 1. The van der Waals surface area contributed by atoms with Gasteiger partial charge in [0.15, 0.2) is 0 Å². The first-order valence-corrected chi connectivity index (χ1v) is 7.02. The van der Waals surface area contributed by atoms with Crippen LogP contribution >= 0.6 is 0 Å². The molecule has 0 fully saturated rings. The van der Waals surface area contributed by atoms with Crippen LogP contribution in [0.15, 0.2) is 53.1 Å². The average Bonchev–Trinajstić information content (AvgIpc) is 3.04. The smallest absolute Gasteiger partial charge is 0.262 e. The fourth-order valence-corrected chi connectivity index (χ4v) is 2.21. The molecule has 0 aliphatic carbocycles. The number of carbonyl (C=O) groups is 1. The first-order chi connectivity index (χ1) is 11.2. The van der Waals surface area contributed by atoms with Gasteiger partial charge in [0.05, 0.1) is 12.7 Å². The lowest BCUT2D eigenvalue weighted by Crippen LogP contribution is -2.05. The third kappa shape index (κ3) is 3.21. The van der Waals surface area contributed by atoms with Gasteiger partial charge in [0.2, 0.25) is 11.7 Å². The molecule has 0 aliphatic heterocycles. The highest BCUT2D eigenvalue weighted by Gasteiger charge is 2.14. The Labute approximate surface area is 133 Å². The van der Waals surface area contributed by atoms with E-state index in [0.29, 0.717) is 23.2 Å². The molecule has 0 spiro atoms. The molecule has 0 saturated carbocycles. The number of benzene rings is 2. The summed E-state index contributed by atoms with van der Waals surface area (Å²) in [7, 11) is 1.59. The number of anilines is 1. The van der Waals surface area contributed by atoms with E-state index in [-0.39, 0.29) is 5.91 Å². The first-order valence-electron chi connectivity index (χ1n) is 7.02. The minimum absolute atomic E-state index is 0.134. The lowest BCUT2D eigenvalue weighted by Gasteiger charge is -2.03. The molecule has 0 saturated heterocycles. The van der Waals surface area contributed by atoms with Crippen molar-refractivity contribution in [1.29, 1.82) is 0 Å². The van der Waals surface area contributed by atoms with Gasteiger partial charge in [-0.15, -0.1) is 0 Å². The van der Waals surface area contributed by atoms with Crippen molar-refractivity contribution < 1.29 is 14.1 Å². The van der Waals surface area contributed by atoms with Gasteiger partial charge in [-0.1, -0.05) is 29.4 Å². The van der Waals surface area contributed by atoms with Gasteiger partial charge < -0.3 is 14.6 Å². The predicted molar refractivity (Wildman–Crippen MR) is 86.0 cm³/mol. The minimum Gasteiger partial charge on any atom is -0.496 e. The van der Waals surface area contributed by atoms with Gasteiger partial charge in [-0.25, -0.2) is 0 Å². The van der Waals surface area contributed by atoms with Crippen LogP contribution in [0.5, 0.6) is 5.75 Å². The summed E-state index contributed by atoms with van der Waals surface area (Å²) >= 11 is 0. The molecule has 1 aromatic heterocycles. The summed E-state index contributed by atoms with van der Waals surface area (Å²) in [5, 5.41) is 6.73. The van der Waals surface area contributed by atoms with Crippen molar-refractivity contribution in [3.05, 3.63) is 48.5 Å². The number of ether oxygens (including phenoxy) is 1. The third-order valence-electron chi connectivity index (χ3n) is 3.20. The summed E-state index contributed by atoms with van der Waals surface area (Å²) in [4.78, 5) is 15.6. The first kappa shape index (κ1) is 14.8. The Morgan fingerprint density at radius 3 is 2.78 bits per heavy atom. The standard InChI is InChI=1S/C17H15N3O3/c1-11(21)18-13-7-5-6-12(10-13)16-19-17(23-20-16)14-8-3-4-9-15(14)22-2/h3-10H,1-2H3,(H,18,21). The van der Waals surface area contributed by atoms with Gasteiger partial charge in [0, 0.05) is 18.2 Å². The van der Waals surface area contributed by atoms with E-state index in [2.05, 4.69) is 15.5 Å². The van der Waals surface area contributed by atoms with E-state index in [1.165, 1.54) is 6.92 Å². The summed E-state index contributed by atoms with van der Waals surface area (Å²) in [6.45, 7) is 1.46. The maximum atomic E-state index is 11.1. The molecule has 1 N–H and O–H groups in total. The van der Waals surface area contributed by atoms with Crippen LogP contribution in [0.1, 0.15) is 6.92 Å². The zero-order valence-electron chi connectivity index (χ0n) is 12.7. The lowest BCUT2D eigenvalue weighted by atomic mass is 10.2. The number of hydrogen-bond acceptors (Lipinski definition) is 5. The van der Waals surface area contributed by atoms with Gasteiger partial charge in [0.1, 0.15) is 5.75 Å². The Bertz CT molecular complexity index is 842. The molecule has 3 aromatic rings. The van der Waals surface area contributed by atoms with Gasteiger partial charge in [0.25, 0.3) is 5.89 Å². The van der Waals surface area contributed by atoms with E-state index < -0.39 is 0 Å². The fourth-order valence-electron chi connectivity index (χ4n) is 2.21. The van der Waals surface area contributed by atoms with Crippen LogP contribution in [-0.2, 0) is 4.79 Å². The number of nitrogens with one attached hydrogen (secondary N) is 1. The molecule has 0 radical (unpaired) electrons. The van der Waals surface area contributed by atoms with Crippen LogP contribution < -0.4 is 10.1 Å². The van der Waals surface area contributed by atoms with Gasteiger partial charge in [-0.05, 0) is 24.3 Å². The van der Waals surface area contributed by atoms with Crippen molar-refractivity contribution in [2.45, 2.75) is 6.92 Å². The number of nitrogens with zero attached hydrogens (tertiary/aromatic N) is 2. The average molecular weight is 309 g/mol. The zero-order chi connectivity index (χ0) is 16.2. The van der Waals surface area contributed by atoms with Gasteiger partial charge >= 0.3 is 0 Å². The maximum absolute atomic E-state index is 11.1. The van der Waals surface area contributed by atoms with Crippen LogP contribution in [0.25, 0.3) is 22.8 Å². The molecule has 6 heteroatoms. The molecular weight excluding hydrogens is 294 g/mol. The number of aromatic nitrogens is 2. The predicted octanol–water partition coefficient (Wildman–Crippen LogP) is 3.37. The summed E-state index contributed by atoms with van der Waals surface area (Å²) in [5.74, 6) is 1.35. The van der Waals surface area contributed by atoms with Gasteiger partial charge in [-0.3, -0.25) is 4.79 Å². The lowest BCUT2D eigenvalue weighted by molar-refractivity contribution is -0.114. The van der Waals surface area contributed by atoms with Gasteiger partial charge in [-0.2, -0.15) is 4.98 Å². The van der Waals surface area contributed by atoms with E-state index in [1.54, 1.807) is 19.2 Å². The fraction of sp³-hybridized carbons (Fsp3) is 0.118. The quantitative estimate of drug-likeness (QED) is 0.799. The largest absolute Gasteiger partial charge is 0.496 e. The Hall–Kier alpha value is -3.15. The van der Waals surface area contributed by atoms with Crippen LogP contribution in [0.2, 0.25) is 0 Å². The molecule has 116 valence electrons. The maximum Gasteiger partial charge on any atom is 0.262 e. The highest BCUT2D eigenvalue weighted by Crippen LogP contribution is 2.30. The molecule has 1 heterocycles. The van der Waals surface area contributed by atoms with E-state index in [0.717, 1.165) is 11.1 Å². The number of rotatable bonds is 4. The molecule has 0 atom stereocenters. The second kappa shape index (κ2) is 6.31. The molecule has 6 nitrogen and oxygen atoms in total. The van der Waals surface area contributed by atoms with Crippen LogP contribution in [0.3, 0.4) is 0 Å². The highest BCUT2D eigenvalue weighted by atomic mass is 16.5. The SMILES string of the molecule is COc1ccccc1-c1nc(-c2cccc(NC(C)=O)c2)no1. The third-order valence-corrected chi connectivity index (χ3v) is 3.20. The van der Waals surface area contributed by atoms with Crippen molar-refractivity contribution in [1.82, 2.24) is 10.1 Å². The molecule has 0 aliphatic rings. The molecular formula is C17H15N3O3. The van der Waals surface area contributed by atoms with Crippen molar-refractivity contribution >= 4 is 11.6 Å². The summed E-state index contributed by atoms with van der Waals surface area (Å²) < 4.78 is 10.6. The van der Waals surface area contributed by atoms with E-state index in [1.807, 2.05) is 36.4 Å². The molecule has 2 aromatic carbocycles. The van der Waals surface area contributed by atoms with Crippen molar-refractivity contribution in [3.63, 3.8) is 0 Å². The monoisotopic (exact) mass is 309 g/mol. The number of amides is 1. The topological polar surface area (TPSA) is 77.2 Å². The minimum atomic E-state index is -0.134. The molecule has 0 unspecified atom stereocenters. The number of methoxy groups -OCH3 is 1. The number of carbonyl (C=O) groups excluding carboxylic acids is 1. The van der Waals surface area contributed by atoms with E-state index >= 15 is 0 Å². The van der Waals surface area contributed by atoms with E-state index in [4.69, 9.17) is 9.26 Å². The van der Waals surface area contributed by atoms with E-state index in [9.17, 15) is 4.79 Å². The summed E-state index contributed by atoms with van der Waals surface area (Å²) in [6.07, 6.45) is 0. The van der Waals surface area contributed by atoms with Crippen LogP contribution in [0, 0.1) is 0 Å².